The molecule has 0 aromatic heterocycles. The monoisotopic (exact) mass is 266 g/mol. The van der Waals surface area contributed by atoms with Crippen LogP contribution in [0.15, 0.2) is 11.6 Å². The summed E-state index contributed by atoms with van der Waals surface area (Å²) in [5, 5.41) is 10.0. The predicted octanol–water partition coefficient (Wildman–Crippen LogP) is 2.74. The molecule has 0 radical (unpaired) electrons. The van der Waals surface area contributed by atoms with E-state index < -0.39 is 0 Å². The van der Waals surface area contributed by atoms with Gasteiger partial charge in [-0.2, -0.15) is 0 Å². The molecule has 108 valence electrons. The second kappa shape index (κ2) is 4.57. The Morgan fingerprint density at radius 2 is 2.16 bits per heavy atom. The van der Waals surface area contributed by atoms with E-state index in [1.807, 2.05) is 0 Å². The molecule has 0 bridgehead atoms. The molecule has 0 amide bonds. The fourth-order valence-corrected chi connectivity index (χ4v) is 4.94. The van der Waals surface area contributed by atoms with Gasteiger partial charge < -0.3 is 14.6 Å². The van der Waals surface area contributed by atoms with E-state index in [-0.39, 0.29) is 17.8 Å². The summed E-state index contributed by atoms with van der Waals surface area (Å²) in [6.45, 7) is 6.92. The van der Waals surface area contributed by atoms with Gasteiger partial charge in [0.2, 0.25) is 0 Å². The molecule has 2 aliphatic carbocycles. The molecule has 3 aliphatic rings. The highest BCUT2D eigenvalue weighted by molar-refractivity contribution is 5.26. The van der Waals surface area contributed by atoms with Gasteiger partial charge in [0.1, 0.15) is 0 Å². The topological polar surface area (TPSA) is 38.7 Å². The summed E-state index contributed by atoms with van der Waals surface area (Å²) >= 11 is 0. The summed E-state index contributed by atoms with van der Waals surface area (Å²) in [6.07, 6.45) is 5.10. The summed E-state index contributed by atoms with van der Waals surface area (Å²) in [6, 6.07) is 0. The SMILES string of the molecule is COC1OC2CCC3=CC(O)CC(C)C3(C)C2C1C. The Kier molecular flexibility index (Phi) is 3.27. The van der Waals surface area contributed by atoms with Crippen LogP contribution in [0.2, 0.25) is 0 Å². The highest BCUT2D eigenvalue weighted by atomic mass is 16.7. The minimum atomic E-state index is -0.259. The van der Waals surface area contributed by atoms with Crippen molar-refractivity contribution in [1.82, 2.24) is 0 Å². The van der Waals surface area contributed by atoms with Crippen LogP contribution in [0.3, 0.4) is 0 Å². The highest BCUT2D eigenvalue weighted by Gasteiger charge is 2.57. The first kappa shape index (κ1) is 13.6. The quantitative estimate of drug-likeness (QED) is 0.742. The molecule has 0 aromatic carbocycles. The third-order valence-corrected chi connectivity index (χ3v) is 6.03. The van der Waals surface area contributed by atoms with E-state index in [1.54, 1.807) is 7.11 Å². The van der Waals surface area contributed by atoms with Crippen LogP contribution in [-0.2, 0) is 9.47 Å². The van der Waals surface area contributed by atoms with Crippen molar-refractivity contribution in [1.29, 1.82) is 0 Å². The van der Waals surface area contributed by atoms with Crippen LogP contribution < -0.4 is 0 Å². The zero-order valence-corrected chi connectivity index (χ0v) is 12.4. The average Bonchev–Trinajstić information content (AvgIpc) is 2.69. The Morgan fingerprint density at radius 1 is 1.42 bits per heavy atom. The van der Waals surface area contributed by atoms with Crippen LogP contribution in [0.25, 0.3) is 0 Å². The molecular formula is C16H26O3. The van der Waals surface area contributed by atoms with Gasteiger partial charge in [0.15, 0.2) is 6.29 Å². The molecule has 3 rings (SSSR count). The van der Waals surface area contributed by atoms with E-state index in [9.17, 15) is 5.11 Å². The lowest BCUT2D eigenvalue weighted by atomic mass is 9.52. The van der Waals surface area contributed by atoms with Crippen molar-refractivity contribution in [2.24, 2.45) is 23.2 Å². The molecule has 1 saturated carbocycles. The molecule has 1 heterocycles. The predicted molar refractivity (Wildman–Crippen MR) is 73.5 cm³/mol. The molecule has 1 saturated heterocycles. The van der Waals surface area contributed by atoms with Gasteiger partial charge in [-0.05, 0) is 30.6 Å². The number of ether oxygens (including phenoxy) is 2. The van der Waals surface area contributed by atoms with E-state index in [0.717, 1.165) is 19.3 Å². The Morgan fingerprint density at radius 3 is 2.84 bits per heavy atom. The number of hydrogen-bond acceptors (Lipinski definition) is 3. The van der Waals surface area contributed by atoms with E-state index in [4.69, 9.17) is 9.47 Å². The van der Waals surface area contributed by atoms with E-state index in [0.29, 0.717) is 23.9 Å². The third kappa shape index (κ3) is 1.82. The summed E-state index contributed by atoms with van der Waals surface area (Å²) in [7, 11) is 1.74. The molecule has 7 unspecified atom stereocenters. The number of rotatable bonds is 1. The fourth-order valence-electron chi connectivity index (χ4n) is 4.94. The third-order valence-electron chi connectivity index (χ3n) is 6.03. The van der Waals surface area contributed by atoms with Gasteiger partial charge in [0.25, 0.3) is 0 Å². The number of aliphatic hydroxyl groups is 1. The first-order valence-corrected chi connectivity index (χ1v) is 7.56. The molecule has 3 heteroatoms. The van der Waals surface area contributed by atoms with E-state index in [1.165, 1.54) is 5.57 Å². The van der Waals surface area contributed by atoms with E-state index in [2.05, 4.69) is 26.8 Å². The fraction of sp³-hybridized carbons (Fsp3) is 0.875. The lowest BCUT2D eigenvalue weighted by Crippen LogP contribution is -2.49. The highest BCUT2D eigenvalue weighted by Crippen LogP contribution is 2.59. The van der Waals surface area contributed by atoms with Gasteiger partial charge in [0.05, 0.1) is 12.2 Å². The van der Waals surface area contributed by atoms with Crippen molar-refractivity contribution in [3.63, 3.8) is 0 Å². The largest absolute Gasteiger partial charge is 0.389 e. The van der Waals surface area contributed by atoms with Crippen LogP contribution in [-0.4, -0.2) is 30.7 Å². The maximum Gasteiger partial charge on any atom is 0.160 e. The molecular weight excluding hydrogens is 240 g/mol. The summed E-state index contributed by atoms with van der Waals surface area (Å²) in [4.78, 5) is 0. The lowest BCUT2D eigenvalue weighted by molar-refractivity contribution is -0.132. The van der Waals surface area contributed by atoms with Crippen molar-refractivity contribution in [3.05, 3.63) is 11.6 Å². The molecule has 0 spiro atoms. The summed E-state index contributed by atoms with van der Waals surface area (Å²) in [5.41, 5.74) is 1.61. The van der Waals surface area contributed by atoms with Gasteiger partial charge >= 0.3 is 0 Å². The van der Waals surface area contributed by atoms with E-state index >= 15 is 0 Å². The van der Waals surface area contributed by atoms with Gasteiger partial charge in [-0.15, -0.1) is 0 Å². The molecule has 1 aliphatic heterocycles. The van der Waals surface area contributed by atoms with Crippen molar-refractivity contribution in [2.75, 3.05) is 7.11 Å². The molecule has 7 atom stereocenters. The molecule has 0 aromatic rings. The van der Waals surface area contributed by atoms with Crippen molar-refractivity contribution < 1.29 is 14.6 Å². The van der Waals surface area contributed by atoms with Crippen molar-refractivity contribution in [3.8, 4) is 0 Å². The Labute approximate surface area is 116 Å². The number of methoxy groups -OCH3 is 1. The number of hydrogen-bond donors (Lipinski definition) is 1. The second-order valence-electron chi connectivity index (χ2n) is 6.88. The number of allylic oxidation sites excluding steroid dienone is 1. The van der Waals surface area contributed by atoms with Crippen LogP contribution in [0.1, 0.15) is 40.0 Å². The summed E-state index contributed by atoms with van der Waals surface area (Å²) in [5.74, 6) is 1.43. The van der Waals surface area contributed by atoms with Gasteiger partial charge in [-0.25, -0.2) is 0 Å². The Hall–Kier alpha value is -0.380. The second-order valence-corrected chi connectivity index (χ2v) is 6.88. The van der Waals surface area contributed by atoms with Crippen LogP contribution in [0.5, 0.6) is 0 Å². The zero-order valence-electron chi connectivity index (χ0n) is 12.4. The zero-order chi connectivity index (χ0) is 13.8. The van der Waals surface area contributed by atoms with Crippen LogP contribution >= 0.6 is 0 Å². The molecule has 2 fully saturated rings. The Bertz CT molecular complexity index is 389. The normalized spacial score (nSPS) is 53.4. The maximum atomic E-state index is 10.0. The first-order chi connectivity index (χ1) is 8.98. The lowest BCUT2D eigenvalue weighted by Gasteiger charge is -2.52. The van der Waals surface area contributed by atoms with Crippen molar-refractivity contribution >= 4 is 0 Å². The van der Waals surface area contributed by atoms with Gasteiger partial charge in [0, 0.05) is 18.9 Å². The Balaban J connectivity index is 1.99. The minimum Gasteiger partial charge on any atom is -0.389 e. The first-order valence-electron chi connectivity index (χ1n) is 7.56. The molecule has 19 heavy (non-hydrogen) atoms. The van der Waals surface area contributed by atoms with Gasteiger partial charge in [-0.1, -0.05) is 32.4 Å². The number of aliphatic hydroxyl groups excluding tert-OH is 1. The smallest absolute Gasteiger partial charge is 0.160 e. The van der Waals surface area contributed by atoms with Gasteiger partial charge in [-0.3, -0.25) is 0 Å². The summed E-state index contributed by atoms with van der Waals surface area (Å²) < 4.78 is 11.6. The molecule has 3 nitrogen and oxygen atoms in total. The molecule has 1 N–H and O–H groups in total. The minimum absolute atomic E-state index is 0.0646. The maximum absolute atomic E-state index is 10.0. The van der Waals surface area contributed by atoms with Crippen LogP contribution in [0.4, 0.5) is 0 Å². The van der Waals surface area contributed by atoms with Crippen molar-refractivity contribution in [2.45, 2.75) is 58.5 Å². The standard InChI is InChI=1S/C16H26O3/c1-9-7-12(17)8-11-5-6-13-14(16(9,11)3)10(2)15(18-4)19-13/h8-10,12-15,17H,5-7H2,1-4H3. The average molecular weight is 266 g/mol. The number of fused-ring (bicyclic) bond motifs is 3. The van der Waals surface area contributed by atoms with Crippen LogP contribution in [0, 0.1) is 23.2 Å².